The number of carbonyl (C=O) groups excluding carboxylic acids is 1. The number of hydrogen-bond donors (Lipinski definition) is 4. The van der Waals surface area contributed by atoms with Crippen molar-refractivity contribution in [3.05, 3.63) is 23.8 Å². The van der Waals surface area contributed by atoms with Crippen molar-refractivity contribution < 1.29 is 39.5 Å². The third kappa shape index (κ3) is 6.88. The molecule has 0 heterocycles. The second-order valence-electron chi connectivity index (χ2n) is 9.45. The van der Waals surface area contributed by atoms with Gasteiger partial charge in [0, 0.05) is 19.4 Å². The number of carbonyl (C=O) groups is 2. The highest BCUT2D eigenvalue weighted by Gasteiger charge is 2.45. The zero-order valence-corrected chi connectivity index (χ0v) is 20.1. The summed E-state index contributed by atoms with van der Waals surface area (Å²) >= 11 is 0. The largest absolute Gasteiger partial charge is 0.481 e. The molecule has 0 radical (unpaired) electrons. The van der Waals surface area contributed by atoms with Crippen LogP contribution in [0.2, 0.25) is 0 Å². The van der Waals surface area contributed by atoms with Gasteiger partial charge in [0.2, 0.25) is 0 Å². The molecule has 0 aromatic heterocycles. The highest BCUT2D eigenvalue weighted by atomic mass is 16.6. The maximum absolute atomic E-state index is 13.1. The molecule has 0 bridgehead atoms. The molecule has 7 atom stereocenters. The van der Waals surface area contributed by atoms with Crippen LogP contribution in [0.15, 0.2) is 23.8 Å². The number of aliphatic carboxylic acids is 1. The minimum atomic E-state index is -1.10. The van der Waals surface area contributed by atoms with Crippen LogP contribution in [0.25, 0.3) is 0 Å². The van der Waals surface area contributed by atoms with Crippen molar-refractivity contribution >= 4 is 11.9 Å². The van der Waals surface area contributed by atoms with Crippen LogP contribution in [0.5, 0.6) is 0 Å². The molecule has 0 saturated heterocycles. The molecular weight excluding hydrogens is 428 g/mol. The van der Waals surface area contributed by atoms with Crippen molar-refractivity contribution in [2.75, 3.05) is 7.11 Å². The normalized spacial score (nSPS) is 29.1. The summed E-state index contributed by atoms with van der Waals surface area (Å²) in [5.41, 5.74) is -0.0972. The second-order valence-corrected chi connectivity index (χ2v) is 9.45. The highest BCUT2D eigenvalue weighted by Crippen LogP contribution is 2.44. The van der Waals surface area contributed by atoms with Gasteiger partial charge in [-0.15, -0.1) is 0 Å². The lowest BCUT2D eigenvalue weighted by Gasteiger charge is -2.43. The molecule has 0 aromatic carbocycles. The summed E-state index contributed by atoms with van der Waals surface area (Å²) in [7, 11) is 1.50. The average Bonchev–Trinajstić information content (AvgIpc) is 2.74. The van der Waals surface area contributed by atoms with Crippen LogP contribution >= 0.6 is 0 Å². The van der Waals surface area contributed by atoms with Crippen molar-refractivity contribution in [3.63, 3.8) is 0 Å². The van der Waals surface area contributed by atoms with Crippen molar-refractivity contribution in [1.82, 2.24) is 0 Å². The van der Waals surface area contributed by atoms with Crippen LogP contribution in [0.3, 0.4) is 0 Å². The van der Waals surface area contributed by atoms with E-state index in [4.69, 9.17) is 14.6 Å². The number of rotatable bonds is 12. The Hall–Kier alpha value is -1.74. The van der Waals surface area contributed by atoms with Gasteiger partial charge in [-0.3, -0.25) is 4.79 Å². The van der Waals surface area contributed by atoms with Crippen LogP contribution in [0, 0.1) is 17.8 Å². The van der Waals surface area contributed by atoms with Crippen LogP contribution in [-0.4, -0.2) is 69.5 Å². The van der Waals surface area contributed by atoms with Crippen molar-refractivity contribution in [2.45, 2.75) is 95.7 Å². The van der Waals surface area contributed by atoms with E-state index in [1.165, 1.54) is 7.11 Å². The molecule has 0 saturated carbocycles. The first-order chi connectivity index (χ1) is 15.6. The molecule has 0 aliphatic heterocycles. The first-order valence-corrected chi connectivity index (χ1v) is 12.0. The van der Waals surface area contributed by atoms with Gasteiger partial charge in [-0.05, 0) is 49.5 Å². The summed E-state index contributed by atoms with van der Waals surface area (Å²) in [5, 5.41) is 39.4. The Kier molecular flexibility index (Phi) is 10.1. The molecule has 4 N–H and O–H groups in total. The maximum Gasteiger partial charge on any atom is 0.338 e. The third-order valence-electron chi connectivity index (χ3n) is 7.32. The van der Waals surface area contributed by atoms with E-state index in [2.05, 4.69) is 13.0 Å². The molecular formula is C25H40O8. The molecule has 2 rings (SSSR count). The number of hydrogen-bond acceptors (Lipinski definition) is 7. The lowest BCUT2D eigenvalue weighted by atomic mass is 9.66. The van der Waals surface area contributed by atoms with E-state index < -0.39 is 48.4 Å². The van der Waals surface area contributed by atoms with Crippen LogP contribution < -0.4 is 0 Å². The van der Waals surface area contributed by atoms with Crippen molar-refractivity contribution in [2.24, 2.45) is 17.8 Å². The molecule has 33 heavy (non-hydrogen) atoms. The summed E-state index contributed by atoms with van der Waals surface area (Å²) in [4.78, 5) is 23.8. The summed E-state index contributed by atoms with van der Waals surface area (Å²) in [6.07, 6.45) is 4.52. The van der Waals surface area contributed by atoms with E-state index in [-0.39, 0.29) is 24.2 Å². The van der Waals surface area contributed by atoms with Gasteiger partial charge in [0.15, 0.2) is 5.60 Å². The third-order valence-corrected chi connectivity index (χ3v) is 7.32. The Morgan fingerprint density at radius 3 is 2.45 bits per heavy atom. The monoisotopic (exact) mass is 468 g/mol. The number of aliphatic hydroxyl groups excluding tert-OH is 3. The fourth-order valence-electron chi connectivity index (χ4n) is 5.24. The minimum Gasteiger partial charge on any atom is -0.481 e. The summed E-state index contributed by atoms with van der Waals surface area (Å²) in [6.45, 7) is 5.83. The number of aliphatic hydroxyl groups is 3. The zero-order chi connectivity index (χ0) is 24.8. The Morgan fingerprint density at radius 1 is 1.21 bits per heavy atom. The predicted molar refractivity (Wildman–Crippen MR) is 122 cm³/mol. The fourth-order valence-corrected chi connectivity index (χ4v) is 5.24. The average molecular weight is 469 g/mol. The zero-order valence-electron chi connectivity index (χ0n) is 20.1. The Morgan fingerprint density at radius 2 is 1.88 bits per heavy atom. The molecule has 0 amide bonds. The number of carboxylic acids is 1. The van der Waals surface area contributed by atoms with Gasteiger partial charge in [-0.1, -0.05) is 39.0 Å². The first kappa shape index (κ1) is 27.5. The molecule has 8 heteroatoms. The fraction of sp³-hybridized carbons (Fsp3) is 0.760. The van der Waals surface area contributed by atoms with E-state index in [1.54, 1.807) is 6.08 Å². The molecule has 2 aliphatic carbocycles. The lowest BCUT2D eigenvalue weighted by molar-refractivity contribution is -0.181. The van der Waals surface area contributed by atoms with Crippen LogP contribution in [-0.2, 0) is 19.1 Å². The lowest BCUT2D eigenvalue weighted by Crippen LogP contribution is -2.48. The number of esters is 1. The number of carboxylic acid groups (broad SMARTS) is 1. The Labute approximate surface area is 196 Å². The molecule has 0 aromatic rings. The van der Waals surface area contributed by atoms with E-state index in [0.29, 0.717) is 32.1 Å². The van der Waals surface area contributed by atoms with Crippen LogP contribution in [0.1, 0.15) is 65.7 Å². The quantitative estimate of drug-likeness (QED) is 0.321. The van der Waals surface area contributed by atoms with Gasteiger partial charge in [-0.2, -0.15) is 0 Å². The topological polar surface area (TPSA) is 134 Å². The van der Waals surface area contributed by atoms with E-state index >= 15 is 0 Å². The van der Waals surface area contributed by atoms with Gasteiger partial charge >= 0.3 is 11.9 Å². The molecule has 2 aliphatic rings. The molecule has 0 spiro atoms. The van der Waals surface area contributed by atoms with Crippen molar-refractivity contribution in [3.8, 4) is 0 Å². The summed E-state index contributed by atoms with van der Waals surface area (Å²) < 4.78 is 11.5. The molecule has 8 nitrogen and oxygen atoms in total. The Balaban J connectivity index is 2.17. The summed E-state index contributed by atoms with van der Waals surface area (Å²) in [5.74, 6) is -1.45. The molecule has 188 valence electrons. The smallest absolute Gasteiger partial charge is 0.338 e. The van der Waals surface area contributed by atoms with E-state index in [0.717, 1.165) is 5.57 Å². The highest BCUT2D eigenvalue weighted by molar-refractivity contribution is 5.79. The van der Waals surface area contributed by atoms with Gasteiger partial charge in [0.1, 0.15) is 6.10 Å². The first-order valence-electron chi connectivity index (χ1n) is 12.0. The SMILES string of the molecule is CCC(CC)(OC)C(=O)O[C@H]1C[C@H](O)C=C2C=C[C@H](C)[C@H](CC[C@@H](O)C[C@@H](O)CC(=O)O)[C@H]21. The number of methoxy groups -OCH3 is 1. The standard InChI is InChI=1S/C25H40O8/c1-5-25(6-2,32-4)24(31)33-21-13-18(27)11-16-8-7-15(3)20(23(16)21)10-9-17(26)12-19(28)14-22(29)30/h7-8,11,15,17-21,23,26-28H,5-6,9-10,12-14H2,1-4H3,(H,29,30)/t15-,17+,18+,19+,20-,21-,23-/m0/s1. The van der Waals surface area contributed by atoms with Gasteiger partial charge in [-0.25, -0.2) is 4.79 Å². The van der Waals surface area contributed by atoms with Crippen molar-refractivity contribution in [1.29, 1.82) is 0 Å². The molecule has 0 fully saturated rings. The van der Waals surface area contributed by atoms with Gasteiger partial charge in [0.25, 0.3) is 0 Å². The maximum atomic E-state index is 13.1. The summed E-state index contributed by atoms with van der Waals surface area (Å²) in [6, 6.07) is 0. The van der Waals surface area contributed by atoms with Crippen LogP contribution in [0.4, 0.5) is 0 Å². The number of fused-ring (bicyclic) bond motifs is 1. The number of allylic oxidation sites excluding steroid dienone is 2. The van der Waals surface area contributed by atoms with E-state index in [1.807, 2.05) is 19.9 Å². The Bertz CT molecular complexity index is 718. The second kappa shape index (κ2) is 12.1. The molecule has 0 unspecified atom stereocenters. The van der Waals surface area contributed by atoms with Gasteiger partial charge in [0.05, 0.1) is 24.7 Å². The number of ether oxygens (including phenoxy) is 2. The van der Waals surface area contributed by atoms with Gasteiger partial charge < -0.3 is 29.9 Å². The van der Waals surface area contributed by atoms with E-state index in [9.17, 15) is 24.9 Å². The minimum absolute atomic E-state index is 0.00289. The predicted octanol–water partition coefficient (Wildman–Crippen LogP) is 2.60.